The van der Waals surface area contributed by atoms with Gasteiger partial charge < -0.3 is 19.3 Å². The van der Waals surface area contributed by atoms with Gasteiger partial charge >= 0.3 is 0 Å². The Labute approximate surface area is 142 Å². The van der Waals surface area contributed by atoms with E-state index in [1.54, 1.807) is 19.1 Å². The Kier molecular flexibility index (Phi) is 5.01. The summed E-state index contributed by atoms with van der Waals surface area (Å²) in [5.41, 5.74) is 2.53. The summed E-state index contributed by atoms with van der Waals surface area (Å²) in [6.07, 6.45) is 0. The predicted octanol–water partition coefficient (Wildman–Crippen LogP) is 2.81. The smallest absolute Gasteiger partial charge is 0.258 e. The Morgan fingerprint density at radius 2 is 1.75 bits per heavy atom. The van der Waals surface area contributed by atoms with Gasteiger partial charge in [-0.25, -0.2) is 0 Å². The van der Waals surface area contributed by atoms with E-state index in [1.165, 1.54) is 0 Å². The van der Waals surface area contributed by atoms with Crippen molar-refractivity contribution >= 4 is 17.3 Å². The summed E-state index contributed by atoms with van der Waals surface area (Å²) >= 11 is 0. The topological polar surface area (TPSA) is 42.0 Å². The van der Waals surface area contributed by atoms with Gasteiger partial charge in [-0.3, -0.25) is 4.79 Å². The average molecular weight is 326 g/mol. The van der Waals surface area contributed by atoms with Crippen LogP contribution in [0.3, 0.4) is 0 Å². The summed E-state index contributed by atoms with van der Waals surface area (Å²) in [5.74, 6) is 0.617. The number of anilines is 2. The van der Waals surface area contributed by atoms with Gasteiger partial charge in [0.2, 0.25) is 0 Å². The number of methoxy groups -OCH3 is 1. The lowest BCUT2D eigenvalue weighted by Gasteiger charge is -2.29. The Hall–Kier alpha value is -2.53. The molecule has 0 radical (unpaired) electrons. The molecule has 1 saturated heterocycles. The number of hydrogen-bond acceptors (Lipinski definition) is 4. The van der Waals surface area contributed by atoms with Crippen molar-refractivity contribution in [3.05, 3.63) is 54.1 Å². The molecule has 0 saturated carbocycles. The maximum atomic E-state index is 12.7. The Bertz CT molecular complexity index is 694. The molecule has 0 aromatic heterocycles. The quantitative estimate of drug-likeness (QED) is 0.866. The van der Waals surface area contributed by atoms with Crippen molar-refractivity contribution in [1.82, 2.24) is 0 Å². The van der Waals surface area contributed by atoms with Crippen LogP contribution in [-0.4, -0.2) is 46.4 Å². The lowest BCUT2D eigenvalue weighted by atomic mass is 10.1. The van der Waals surface area contributed by atoms with E-state index in [-0.39, 0.29) is 5.91 Å². The fourth-order valence-corrected chi connectivity index (χ4v) is 2.85. The number of hydrogen-bond donors (Lipinski definition) is 0. The van der Waals surface area contributed by atoms with Gasteiger partial charge in [0.1, 0.15) is 5.75 Å². The van der Waals surface area contributed by atoms with Gasteiger partial charge in [-0.1, -0.05) is 12.1 Å². The first kappa shape index (κ1) is 16.3. The van der Waals surface area contributed by atoms with Crippen molar-refractivity contribution in [3.8, 4) is 5.75 Å². The molecule has 5 nitrogen and oxygen atoms in total. The number of rotatable bonds is 4. The molecule has 1 heterocycles. The van der Waals surface area contributed by atoms with E-state index < -0.39 is 0 Å². The second kappa shape index (κ2) is 7.36. The number of morpholine rings is 1. The lowest BCUT2D eigenvalue weighted by molar-refractivity contribution is 0.0992. The Morgan fingerprint density at radius 1 is 1.08 bits per heavy atom. The Morgan fingerprint density at radius 3 is 2.42 bits per heavy atom. The molecule has 126 valence electrons. The fraction of sp³-hybridized carbons (Fsp3) is 0.316. The first-order valence-electron chi connectivity index (χ1n) is 8.04. The fourth-order valence-electron chi connectivity index (χ4n) is 2.85. The second-order valence-electron chi connectivity index (χ2n) is 5.68. The standard InChI is InChI=1S/C19H22N2O3/c1-20(17-5-3-4-6-18(17)23-2)19(22)15-7-9-16(10-8-15)21-11-13-24-14-12-21/h3-10H,11-14H2,1-2H3. The van der Waals surface area contributed by atoms with Crippen LogP contribution in [0.2, 0.25) is 0 Å². The number of carbonyl (C=O) groups excluding carboxylic acids is 1. The van der Waals surface area contributed by atoms with Crippen LogP contribution in [0.5, 0.6) is 5.75 Å². The molecule has 1 aliphatic rings. The summed E-state index contributed by atoms with van der Waals surface area (Å²) in [6, 6.07) is 15.2. The van der Waals surface area contributed by atoms with Crippen molar-refractivity contribution in [3.63, 3.8) is 0 Å². The first-order chi connectivity index (χ1) is 11.7. The van der Waals surface area contributed by atoms with E-state index >= 15 is 0 Å². The molecule has 5 heteroatoms. The minimum absolute atomic E-state index is 0.0620. The van der Waals surface area contributed by atoms with Crippen LogP contribution < -0.4 is 14.5 Å². The molecular formula is C19H22N2O3. The molecule has 1 fully saturated rings. The molecule has 0 spiro atoms. The van der Waals surface area contributed by atoms with E-state index in [9.17, 15) is 4.79 Å². The van der Waals surface area contributed by atoms with Crippen LogP contribution in [0.1, 0.15) is 10.4 Å². The van der Waals surface area contributed by atoms with Gasteiger partial charge in [0.05, 0.1) is 26.0 Å². The zero-order valence-corrected chi connectivity index (χ0v) is 14.1. The van der Waals surface area contributed by atoms with E-state index in [1.807, 2.05) is 48.5 Å². The first-order valence-corrected chi connectivity index (χ1v) is 8.04. The van der Waals surface area contributed by atoms with Crippen LogP contribution in [0, 0.1) is 0 Å². The van der Waals surface area contributed by atoms with Crippen molar-refractivity contribution < 1.29 is 14.3 Å². The normalized spacial score (nSPS) is 14.3. The van der Waals surface area contributed by atoms with Crippen LogP contribution in [0.25, 0.3) is 0 Å². The van der Waals surface area contributed by atoms with Gasteiger partial charge in [-0.15, -0.1) is 0 Å². The van der Waals surface area contributed by atoms with Gasteiger partial charge in [0.25, 0.3) is 5.91 Å². The van der Waals surface area contributed by atoms with Crippen molar-refractivity contribution in [2.45, 2.75) is 0 Å². The molecule has 1 amide bonds. The highest BCUT2D eigenvalue weighted by Gasteiger charge is 2.17. The monoisotopic (exact) mass is 326 g/mol. The second-order valence-corrected chi connectivity index (χ2v) is 5.68. The summed E-state index contributed by atoms with van der Waals surface area (Å²) in [6.45, 7) is 3.26. The molecule has 24 heavy (non-hydrogen) atoms. The largest absolute Gasteiger partial charge is 0.495 e. The minimum Gasteiger partial charge on any atom is -0.495 e. The van der Waals surface area contributed by atoms with Gasteiger partial charge in [-0.05, 0) is 36.4 Å². The molecular weight excluding hydrogens is 304 g/mol. The predicted molar refractivity (Wildman–Crippen MR) is 95.2 cm³/mol. The highest BCUT2D eigenvalue weighted by Crippen LogP contribution is 2.28. The third-order valence-electron chi connectivity index (χ3n) is 4.24. The highest BCUT2D eigenvalue weighted by molar-refractivity contribution is 6.06. The molecule has 2 aromatic rings. The zero-order valence-electron chi connectivity index (χ0n) is 14.1. The maximum absolute atomic E-state index is 12.7. The lowest BCUT2D eigenvalue weighted by Crippen LogP contribution is -2.36. The number of para-hydroxylation sites is 2. The summed E-state index contributed by atoms with van der Waals surface area (Å²) in [4.78, 5) is 16.6. The number of nitrogens with zero attached hydrogens (tertiary/aromatic N) is 2. The SMILES string of the molecule is COc1ccccc1N(C)C(=O)c1ccc(N2CCOCC2)cc1. The molecule has 1 aliphatic heterocycles. The molecule has 2 aromatic carbocycles. The van der Waals surface area contributed by atoms with Crippen LogP contribution in [0.4, 0.5) is 11.4 Å². The van der Waals surface area contributed by atoms with E-state index in [0.29, 0.717) is 11.3 Å². The average Bonchev–Trinajstić information content (AvgIpc) is 2.67. The summed E-state index contributed by atoms with van der Waals surface area (Å²) in [7, 11) is 3.37. The van der Waals surface area contributed by atoms with E-state index in [4.69, 9.17) is 9.47 Å². The highest BCUT2D eigenvalue weighted by atomic mass is 16.5. The third kappa shape index (κ3) is 3.36. The molecule has 0 N–H and O–H groups in total. The zero-order chi connectivity index (χ0) is 16.9. The molecule has 0 unspecified atom stereocenters. The summed E-state index contributed by atoms with van der Waals surface area (Å²) < 4.78 is 10.7. The molecule has 3 rings (SSSR count). The van der Waals surface area contributed by atoms with Crippen molar-refractivity contribution in [2.24, 2.45) is 0 Å². The van der Waals surface area contributed by atoms with Crippen LogP contribution in [-0.2, 0) is 4.74 Å². The van der Waals surface area contributed by atoms with Crippen molar-refractivity contribution in [2.75, 3.05) is 50.3 Å². The van der Waals surface area contributed by atoms with Crippen molar-refractivity contribution in [1.29, 1.82) is 0 Å². The van der Waals surface area contributed by atoms with E-state index in [0.717, 1.165) is 37.7 Å². The number of amides is 1. The number of ether oxygens (including phenoxy) is 2. The minimum atomic E-state index is -0.0620. The van der Waals surface area contributed by atoms with Crippen LogP contribution >= 0.6 is 0 Å². The Balaban J connectivity index is 1.77. The number of carbonyl (C=O) groups is 1. The summed E-state index contributed by atoms with van der Waals surface area (Å²) in [5, 5.41) is 0. The van der Waals surface area contributed by atoms with Gasteiger partial charge in [-0.2, -0.15) is 0 Å². The molecule has 0 atom stereocenters. The maximum Gasteiger partial charge on any atom is 0.258 e. The molecule has 0 aliphatic carbocycles. The number of benzene rings is 2. The van der Waals surface area contributed by atoms with Gasteiger partial charge in [0.15, 0.2) is 0 Å². The van der Waals surface area contributed by atoms with E-state index in [2.05, 4.69) is 4.90 Å². The van der Waals surface area contributed by atoms with Gasteiger partial charge in [0, 0.05) is 31.4 Å². The van der Waals surface area contributed by atoms with Crippen LogP contribution in [0.15, 0.2) is 48.5 Å². The third-order valence-corrected chi connectivity index (χ3v) is 4.24. The molecule has 0 bridgehead atoms.